The van der Waals surface area contributed by atoms with E-state index in [-0.39, 0.29) is 12.4 Å². The minimum absolute atomic E-state index is 0.292. The van der Waals surface area contributed by atoms with Gasteiger partial charge in [0.1, 0.15) is 5.82 Å². The van der Waals surface area contributed by atoms with Crippen LogP contribution in [0.15, 0.2) is 36.7 Å². The highest BCUT2D eigenvalue weighted by atomic mass is 35.5. The Morgan fingerprint density at radius 3 is 2.57 bits per heavy atom. The van der Waals surface area contributed by atoms with Crippen molar-refractivity contribution in [1.82, 2.24) is 14.5 Å². The quantitative estimate of drug-likeness (QED) is 0.439. The molecule has 0 aliphatic carbocycles. The average molecular weight is 523 g/mol. The molecule has 0 saturated heterocycles. The van der Waals surface area contributed by atoms with Gasteiger partial charge in [0.25, 0.3) is 0 Å². The Labute approximate surface area is 213 Å². The molecule has 35 heavy (non-hydrogen) atoms. The van der Waals surface area contributed by atoms with E-state index < -0.39 is 23.6 Å². The molecule has 188 valence electrons. The van der Waals surface area contributed by atoms with E-state index >= 15 is 0 Å². The molecule has 2 aromatic carbocycles. The second-order valence-electron chi connectivity index (χ2n) is 10.0. The number of nitrogens with zero attached hydrogens (tertiary/aromatic N) is 4. The van der Waals surface area contributed by atoms with Crippen molar-refractivity contribution in [3.63, 3.8) is 0 Å². The van der Waals surface area contributed by atoms with E-state index in [9.17, 15) is 19.4 Å². The topological polar surface area (TPSA) is 81.8 Å². The Kier molecular flexibility index (Phi) is 7.18. The molecule has 0 spiro atoms. The number of imidazole rings is 1. The number of aliphatic hydroxyl groups excluding tert-OH is 1. The van der Waals surface area contributed by atoms with E-state index in [2.05, 4.69) is 4.98 Å². The van der Waals surface area contributed by atoms with E-state index in [1.165, 1.54) is 17.0 Å². The zero-order chi connectivity index (χ0) is 25.5. The van der Waals surface area contributed by atoms with Crippen LogP contribution in [-0.4, -0.2) is 62.5 Å². The van der Waals surface area contributed by atoms with Crippen molar-refractivity contribution in [2.24, 2.45) is 5.41 Å². The number of hydrogen-bond donors (Lipinski definition) is 2. The highest BCUT2D eigenvalue weighted by molar-refractivity contribution is 6.42. The van der Waals surface area contributed by atoms with Crippen molar-refractivity contribution in [2.75, 3.05) is 24.6 Å². The first-order valence-corrected chi connectivity index (χ1v) is 12.2. The van der Waals surface area contributed by atoms with Gasteiger partial charge in [0.2, 0.25) is 0 Å². The van der Waals surface area contributed by atoms with Gasteiger partial charge in [-0.25, -0.2) is 14.2 Å². The first-order chi connectivity index (χ1) is 16.5. The monoisotopic (exact) mass is 522 g/mol. The van der Waals surface area contributed by atoms with Gasteiger partial charge in [-0.3, -0.25) is 4.90 Å². The van der Waals surface area contributed by atoms with Gasteiger partial charge in [-0.15, -0.1) is 0 Å². The molecule has 4 rings (SSSR count). The third-order valence-corrected chi connectivity index (χ3v) is 7.38. The van der Waals surface area contributed by atoms with Crippen molar-refractivity contribution >= 4 is 46.0 Å². The molecular formula is C25H29Cl2FN4O3. The molecule has 1 amide bonds. The number of carbonyl (C=O) groups is 1. The second-order valence-corrected chi connectivity index (χ2v) is 10.8. The molecule has 2 heterocycles. The van der Waals surface area contributed by atoms with Crippen molar-refractivity contribution in [3.05, 3.63) is 58.1 Å². The maximum Gasteiger partial charge on any atom is 0.408 e. The molecule has 7 nitrogen and oxygen atoms in total. The molecule has 0 radical (unpaired) electrons. The predicted octanol–water partition coefficient (Wildman–Crippen LogP) is 5.30. The van der Waals surface area contributed by atoms with Gasteiger partial charge in [-0.2, -0.15) is 0 Å². The van der Waals surface area contributed by atoms with Crippen molar-refractivity contribution < 1.29 is 19.4 Å². The van der Waals surface area contributed by atoms with Crippen LogP contribution in [0.4, 0.5) is 14.9 Å². The fourth-order valence-electron chi connectivity index (χ4n) is 4.82. The fraction of sp³-hybridized carbons (Fsp3) is 0.440. The lowest BCUT2D eigenvalue weighted by Gasteiger charge is -2.43. The molecule has 0 saturated carbocycles. The Morgan fingerprint density at radius 2 is 1.91 bits per heavy atom. The van der Waals surface area contributed by atoms with E-state index in [0.717, 1.165) is 16.8 Å². The summed E-state index contributed by atoms with van der Waals surface area (Å²) in [5.41, 5.74) is 2.69. The highest BCUT2D eigenvalue weighted by Gasteiger charge is 2.39. The molecule has 1 aromatic heterocycles. The van der Waals surface area contributed by atoms with Crippen LogP contribution in [0.3, 0.4) is 0 Å². The molecule has 2 unspecified atom stereocenters. The number of benzene rings is 2. The lowest BCUT2D eigenvalue weighted by atomic mass is 9.84. The summed E-state index contributed by atoms with van der Waals surface area (Å²) < 4.78 is 15.5. The second kappa shape index (κ2) is 9.84. The summed E-state index contributed by atoms with van der Waals surface area (Å²) >= 11 is 12.4. The maximum absolute atomic E-state index is 13.7. The third kappa shape index (κ3) is 5.20. The summed E-state index contributed by atoms with van der Waals surface area (Å²) in [5, 5.41) is 21.4. The van der Waals surface area contributed by atoms with Crippen LogP contribution in [0, 0.1) is 11.2 Å². The summed E-state index contributed by atoms with van der Waals surface area (Å²) in [6.07, 6.45) is 1.20. The smallest absolute Gasteiger partial charge is 0.408 e. The van der Waals surface area contributed by atoms with E-state index in [4.69, 9.17) is 23.2 Å². The lowest BCUT2D eigenvalue weighted by molar-refractivity contribution is 0.0296. The zero-order valence-electron chi connectivity index (χ0n) is 19.9. The van der Waals surface area contributed by atoms with E-state index in [1.807, 2.05) is 30.2 Å². The predicted molar refractivity (Wildman–Crippen MR) is 136 cm³/mol. The number of hydrogen-bond acceptors (Lipinski definition) is 4. The summed E-state index contributed by atoms with van der Waals surface area (Å²) in [6.45, 7) is 6.80. The first-order valence-electron chi connectivity index (χ1n) is 11.4. The molecule has 0 bridgehead atoms. The van der Waals surface area contributed by atoms with Gasteiger partial charge in [0.15, 0.2) is 0 Å². The molecule has 1 aliphatic rings. The molecular weight excluding hydrogens is 494 g/mol. The third-order valence-electron chi connectivity index (χ3n) is 6.66. The maximum atomic E-state index is 13.7. The van der Waals surface area contributed by atoms with Crippen molar-refractivity contribution in [2.45, 2.75) is 45.8 Å². The molecule has 2 N–H and O–H groups in total. The van der Waals surface area contributed by atoms with Crippen LogP contribution in [0.5, 0.6) is 0 Å². The molecule has 0 fully saturated rings. The van der Waals surface area contributed by atoms with E-state index in [0.29, 0.717) is 41.6 Å². The minimum atomic E-state index is -1.12. The number of aliphatic hydroxyl groups is 1. The normalized spacial score (nSPS) is 15.3. The number of carboxylic acid groups (broad SMARTS) is 1. The zero-order valence-corrected chi connectivity index (χ0v) is 21.4. The summed E-state index contributed by atoms with van der Waals surface area (Å²) in [7, 11) is 0. The van der Waals surface area contributed by atoms with Gasteiger partial charge in [-0.1, -0.05) is 44.0 Å². The van der Waals surface area contributed by atoms with Crippen LogP contribution in [-0.2, 0) is 13.0 Å². The largest absolute Gasteiger partial charge is 0.465 e. The van der Waals surface area contributed by atoms with Crippen molar-refractivity contribution in [3.8, 4) is 0 Å². The van der Waals surface area contributed by atoms with E-state index in [1.54, 1.807) is 24.5 Å². The Hall–Kier alpha value is -2.55. The Bertz CT molecular complexity index is 1240. The minimum Gasteiger partial charge on any atom is -0.465 e. The number of aromatic nitrogens is 2. The van der Waals surface area contributed by atoms with Gasteiger partial charge in [-0.05, 0) is 47.7 Å². The number of halogens is 3. The van der Waals surface area contributed by atoms with Crippen LogP contribution >= 0.6 is 23.2 Å². The van der Waals surface area contributed by atoms with Crippen LogP contribution < -0.4 is 4.90 Å². The summed E-state index contributed by atoms with van der Waals surface area (Å²) in [4.78, 5) is 20.4. The Morgan fingerprint density at radius 1 is 1.20 bits per heavy atom. The van der Waals surface area contributed by atoms with Crippen LogP contribution in [0.1, 0.15) is 26.3 Å². The van der Waals surface area contributed by atoms with Gasteiger partial charge >= 0.3 is 6.09 Å². The molecule has 10 heteroatoms. The molecule has 1 aliphatic heterocycles. The number of fused-ring (bicyclic) bond motifs is 2. The lowest BCUT2D eigenvalue weighted by Crippen LogP contribution is -2.58. The first kappa shape index (κ1) is 25.5. The SMILES string of the molecule is CC(C)(C)C(Cn1cnc2cc(Cl)c(Cl)cc21)N(C(=O)O)C(CO)CN1CCc2cc(F)ccc21. The number of anilines is 1. The average Bonchev–Trinajstić information content (AvgIpc) is 3.35. The van der Waals surface area contributed by atoms with Crippen LogP contribution in [0.2, 0.25) is 10.0 Å². The summed E-state index contributed by atoms with van der Waals surface area (Å²) in [5.74, 6) is -0.293. The summed E-state index contributed by atoms with van der Waals surface area (Å²) in [6, 6.07) is 6.84. The standard InChI is InChI=1S/C25H29Cl2FN4O3/c1-25(2,3)23(12-31-14-29-20-9-18(26)19(27)10-22(20)31)32(24(34)35)17(13-33)11-30-7-6-15-8-16(28)4-5-21(15)30/h4-5,8-10,14,17,23,33H,6-7,11-13H2,1-3H3,(H,34,35). The fourth-order valence-corrected chi connectivity index (χ4v) is 5.14. The molecule has 2 atom stereocenters. The highest BCUT2D eigenvalue weighted by Crippen LogP contribution is 2.33. The van der Waals surface area contributed by atoms with Crippen LogP contribution in [0.25, 0.3) is 11.0 Å². The van der Waals surface area contributed by atoms with Gasteiger partial charge < -0.3 is 19.7 Å². The van der Waals surface area contributed by atoms with Gasteiger partial charge in [0.05, 0.1) is 46.1 Å². The Balaban J connectivity index is 1.66. The molecule has 3 aromatic rings. The number of amides is 1. The van der Waals surface area contributed by atoms with Gasteiger partial charge in [0, 0.05) is 25.3 Å². The number of rotatable bonds is 7. The van der Waals surface area contributed by atoms with Crippen molar-refractivity contribution in [1.29, 1.82) is 0 Å².